The van der Waals surface area contributed by atoms with E-state index in [1.54, 1.807) is 6.08 Å². The zero-order valence-corrected chi connectivity index (χ0v) is 18.8. The van der Waals surface area contributed by atoms with E-state index in [0.717, 1.165) is 12.8 Å². The summed E-state index contributed by atoms with van der Waals surface area (Å²) in [5, 5.41) is 24.0. The third-order valence-electron chi connectivity index (χ3n) is 8.07. The van der Waals surface area contributed by atoms with Crippen LogP contribution in [0, 0.1) is 22.7 Å². The van der Waals surface area contributed by atoms with Crippen LogP contribution in [0.5, 0.6) is 0 Å². The highest BCUT2D eigenvalue weighted by molar-refractivity contribution is 5.76. The molecule has 3 aliphatic rings. The van der Waals surface area contributed by atoms with Gasteiger partial charge in [0.2, 0.25) is 5.91 Å². The van der Waals surface area contributed by atoms with Crippen molar-refractivity contribution in [3.8, 4) is 0 Å². The van der Waals surface area contributed by atoms with Crippen molar-refractivity contribution in [2.45, 2.75) is 58.2 Å². The van der Waals surface area contributed by atoms with Gasteiger partial charge in [-0.25, -0.2) is 4.79 Å². The molecule has 0 bridgehead atoms. The molecule has 3 rings (SSSR count). The summed E-state index contributed by atoms with van der Waals surface area (Å²) in [6, 6.07) is 0. The Morgan fingerprint density at radius 2 is 1.97 bits per heavy atom. The third kappa shape index (κ3) is 4.76. The monoisotopic (exact) mass is 438 g/mol. The van der Waals surface area contributed by atoms with E-state index >= 15 is 0 Å². The number of carbonyl (C=O) groups is 2. The first-order chi connectivity index (χ1) is 14.8. The maximum absolute atomic E-state index is 13.0. The van der Waals surface area contributed by atoms with Gasteiger partial charge in [0, 0.05) is 31.5 Å². The Kier molecular flexibility index (Phi) is 7.65. The number of morpholine rings is 1. The standard InChI is InChI=1S/C23H38N2O6/c1-4-9-24-21(29)31-19-7-8-22(2)16(14-20(28)25-10-12-30-13-11-25)17(27)5-6-18(22)23(19,3)15-26/h4,16-19,26-27H,1,5-15H2,2-3H3,(H,24,29). The Hall–Kier alpha value is -1.64. The summed E-state index contributed by atoms with van der Waals surface area (Å²) in [6.45, 7) is 10.2. The summed E-state index contributed by atoms with van der Waals surface area (Å²) in [5.41, 5.74) is -0.965. The number of amides is 2. The lowest BCUT2D eigenvalue weighted by molar-refractivity contribution is -0.187. The van der Waals surface area contributed by atoms with Crippen molar-refractivity contribution in [3.63, 3.8) is 0 Å². The van der Waals surface area contributed by atoms with Crippen molar-refractivity contribution in [1.82, 2.24) is 10.2 Å². The summed E-state index contributed by atoms with van der Waals surface area (Å²) in [4.78, 5) is 27.0. The summed E-state index contributed by atoms with van der Waals surface area (Å²) in [5.74, 6) is -0.105. The van der Waals surface area contributed by atoms with E-state index in [-0.39, 0.29) is 29.8 Å². The number of aliphatic hydroxyl groups is 2. The van der Waals surface area contributed by atoms with E-state index < -0.39 is 23.7 Å². The van der Waals surface area contributed by atoms with E-state index in [4.69, 9.17) is 9.47 Å². The highest BCUT2D eigenvalue weighted by Crippen LogP contribution is 2.61. The second kappa shape index (κ2) is 9.88. The van der Waals surface area contributed by atoms with Crippen molar-refractivity contribution in [3.05, 3.63) is 12.7 Å². The lowest BCUT2D eigenvalue weighted by atomic mass is 9.46. The predicted octanol–water partition coefficient (Wildman–Crippen LogP) is 1.70. The van der Waals surface area contributed by atoms with Crippen LogP contribution in [0.4, 0.5) is 4.79 Å². The summed E-state index contributed by atoms with van der Waals surface area (Å²) >= 11 is 0. The van der Waals surface area contributed by atoms with Crippen LogP contribution in [0.15, 0.2) is 12.7 Å². The molecule has 0 aromatic heterocycles. The van der Waals surface area contributed by atoms with Crippen molar-refractivity contribution in [2.24, 2.45) is 22.7 Å². The van der Waals surface area contributed by atoms with Gasteiger partial charge in [0.25, 0.3) is 0 Å². The molecule has 0 radical (unpaired) electrons. The molecule has 1 aliphatic heterocycles. The van der Waals surface area contributed by atoms with E-state index in [0.29, 0.717) is 52.1 Å². The second-order valence-electron chi connectivity index (χ2n) is 9.77. The average Bonchev–Trinajstić information content (AvgIpc) is 2.77. The maximum atomic E-state index is 13.0. The SMILES string of the molecule is C=CCNC(=O)OC1CCC2(C)C(CC(=O)N3CCOCC3)C(O)CCC2C1(C)CO. The Bertz CT molecular complexity index is 666. The molecule has 8 heteroatoms. The molecule has 6 atom stereocenters. The molecule has 3 fully saturated rings. The molecular weight excluding hydrogens is 400 g/mol. The predicted molar refractivity (Wildman–Crippen MR) is 115 cm³/mol. The Balaban J connectivity index is 1.78. The van der Waals surface area contributed by atoms with Gasteiger partial charge in [-0.05, 0) is 42.9 Å². The largest absolute Gasteiger partial charge is 0.446 e. The normalized spacial score (nSPS) is 38.1. The second-order valence-corrected chi connectivity index (χ2v) is 9.77. The molecule has 0 aromatic carbocycles. The molecule has 6 unspecified atom stereocenters. The van der Waals surface area contributed by atoms with E-state index in [9.17, 15) is 19.8 Å². The molecule has 1 saturated heterocycles. The molecule has 31 heavy (non-hydrogen) atoms. The van der Waals surface area contributed by atoms with Crippen LogP contribution >= 0.6 is 0 Å². The number of nitrogens with zero attached hydrogens (tertiary/aromatic N) is 1. The molecule has 8 nitrogen and oxygen atoms in total. The van der Waals surface area contributed by atoms with Crippen molar-refractivity contribution < 1.29 is 29.3 Å². The molecule has 0 aromatic rings. The number of alkyl carbamates (subject to hydrolysis) is 1. The van der Waals surface area contributed by atoms with Crippen LogP contribution in [0.2, 0.25) is 0 Å². The summed E-state index contributed by atoms with van der Waals surface area (Å²) in [7, 11) is 0. The molecule has 2 amide bonds. The number of carbonyl (C=O) groups excluding carboxylic acids is 2. The molecule has 1 heterocycles. The van der Waals surface area contributed by atoms with Crippen LogP contribution in [-0.4, -0.2) is 78.8 Å². The van der Waals surface area contributed by atoms with Crippen LogP contribution in [0.1, 0.15) is 46.0 Å². The van der Waals surface area contributed by atoms with E-state index in [1.807, 2.05) is 11.8 Å². The summed E-state index contributed by atoms with van der Waals surface area (Å²) in [6.07, 6.45) is 3.00. The number of hydrogen-bond acceptors (Lipinski definition) is 6. The number of hydrogen-bond donors (Lipinski definition) is 3. The van der Waals surface area contributed by atoms with Gasteiger partial charge < -0.3 is 29.9 Å². The van der Waals surface area contributed by atoms with Gasteiger partial charge in [0.15, 0.2) is 0 Å². The fraction of sp³-hybridized carbons (Fsp3) is 0.826. The lowest BCUT2D eigenvalue weighted by Crippen LogP contribution is -2.61. The minimum absolute atomic E-state index is 0.0295. The van der Waals surface area contributed by atoms with Crippen LogP contribution in [0.3, 0.4) is 0 Å². The number of ether oxygens (including phenoxy) is 2. The quantitative estimate of drug-likeness (QED) is 0.545. The zero-order valence-electron chi connectivity index (χ0n) is 18.8. The highest BCUT2D eigenvalue weighted by Gasteiger charge is 2.60. The van der Waals surface area contributed by atoms with Gasteiger partial charge in [-0.3, -0.25) is 4.79 Å². The van der Waals surface area contributed by atoms with Gasteiger partial charge >= 0.3 is 6.09 Å². The zero-order chi connectivity index (χ0) is 22.6. The molecule has 2 aliphatic carbocycles. The topological polar surface area (TPSA) is 108 Å². The van der Waals surface area contributed by atoms with Crippen molar-refractivity contribution >= 4 is 12.0 Å². The van der Waals surface area contributed by atoms with Gasteiger partial charge in [-0.1, -0.05) is 19.9 Å². The molecule has 0 spiro atoms. The number of fused-ring (bicyclic) bond motifs is 1. The first-order valence-corrected chi connectivity index (χ1v) is 11.5. The first-order valence-electron chi connectivity index (χ1n) is 11.5. The fourth-order valence-electron chi connectivity index (χ4n) is 6.24. The third-order valence-corrected chi connectivity index (χ3v) is 8.07. The van der Waals surface area contributed by atoms with Crippen LogP contribution < -0.4 is 5.32 Å². The van der Waals surface area contributed by atoms with Gasteiger partial charge in [-0.15, -0.1) is 6.58 Å². The van der Waals surface area contributed by atoms with Crippen molar-refractivity contribution in [2.75, 3.05) is 39.5 Å². The van der Waals surface area contributed by atoms with Gasteiger partial charge in [-0.2, -0.15) is 0 Å². The molecular formula is C23H38N2O6. The smallest absolute Gasteiger partial charge is 0.407 e. The summed E-state index contributed by atoms with van der Waals surface area (Å²) < 4.78 is 11.1. The Morgan fingerprint density at radius 1 is 1.26 bits per heavy atom. The van der Waals surface area contributed by atoms with E-state index in [2.05, 4.69) is 18.8 Å². The minimum atomic E-state index is -0.640. The molecule has 176 valence electrons. The van der Waals surface area contributed by atoms with Gasteiger partial charge in [0.05, 0.1) is 25.9 Å². The Labute approximate surface area is 185 Å². The molecule has 3 N–H and O–H groups in total. The highest BCUT2D eigenvalue weighted by atomic mass is 16.6. The van der Waals surface area contributed by atoms with Crippen LogP contribution in [-0.2, 0) is 14.3 Å². The van der Waals surface area contributed by atoms with Crippen LogP contribution in [0.25, 0.3) is 0 Å². The number of nitrogens with one attached hydrogen (secondary N) is 1. The van der Waals surface area contributed by atoms with Gasteiger partial charge in [0.1, 0.15) is 6.10 Å². The Morgan fingerprint density at radius 3 is 2.61 bits per heavy atom. The van der Waals surface area contributed by atoms with Crippen molar-refractivity contribution in [1.29, 1.82) is 0 Å². The maximum Gasteiger partial charge on any atom is 0.407 e. The minimum Gasteiger partial charge on any atom is -0.446 e. The fourth-order valence-corrected chi connectivity index (χ4v) is 6.24. The number of rotatable bonds is 6. The first kappa shape index (κ1) is 24.0. The lowest BCUT2D eigenvalue weighted by Gasteiger charge is -2.60. The number of aliphatic hydroxyl groups excluding tert-OH is 2. The average molecular weight is 439 g/mol. The van der Waals surface area contributed by atoms with E-state index in [1.165, 1.54) is 0 Å². The molecule has 2 saturated carbocycles.